The van der Waals surface area contributed by atoms with Gasteiger partial charge in [0.2, 0.25) is 0 Å². The van der Waals surface area contributed by atoms with Crippen LogP contribution in [-0.4, -0.2) is 85.3 Å². The van der Waals surface area contributed by atoms with E-state index in [4.69, 9.17) is 42.1 Å². The predicted octanol–water partition coefficient (Wildman–Crippen LogP) is 8.63. The molecule has 0 amide bonds. The minimum atomic E-state index is -4.96. The van der Waals surface area contributed by atoms with E-state index in [0.29, 0.717) is 28.4 Å². The second-order valence-corrected chi connectivity index (χ2v) is 21.3. The zero-order valence-electron chi connectivity index (χ0n) is 35.2. The first-order valence-corrected chi connectivity index (χ1v) is 25.1. The summed E-state index contributed by atoms with van der Waals surface area (Å²) < 4.78 is 91.0. The molecule has 2 aliphatic heterocycles. The van der Waals surface area contributed by atoms with E-state index in [2.05, 4.69) is 13.8 Å². The van der Waals surface area contributed by atoms with Gasteiger partial charge in [-0.05, 0) is 0 Å². The standard InChI is InChI=1S/C46H59O12SSe/c1-7-42-32(3)41(54-26-34-15-21-38(51-5)22-16-34)30-60(42)29-31(2)43(58-59(47,48)49)45(55-27-35-17-23-39(52-6)24-18-35)44-40(53-25-33-13-19-37(50-4)20-14-33)28-56-46(57-44)36-11-9-8-10-12-36/h8-24,31-32,40-46H,7,25-30H2,1-6H3,(H,47,48,49)/t31-,32+,40+,41-,42-,43-,44-,45+,46?/m1/s1. The van der Waals surface area contributed by atoms with Crippen molar-refractivity contribution < 1.29 is 55.0 Å². The van der Waals surface area contributed by atoms with Gasteiger partial charge in [-0.15, -0.1) is 0 Å². The van der Waals surface area contributed by atoms with E-state index in [1.165, 1.54) is 0 Å². The summed E-state index contributed by atoms with van der Waals surface area (Å²) in [6, 6.07) is 32.4. The Labute approximate surface area is 359 Å². The van der Waals surface area contributed by atoms with Crippen LogP contribution < -0.4 is 14.2 Å². The SMILES string of the molecule is CC[C@@H]1[C@@H](C)[C@H](OCc2ccc(OC)cc2)C[Se]1C[C@@H](C)[C@@H](OS(=O)(=O)O)[C@H](OCc1ccc(OC)cc1)[C@@H]1OC(c2ccccc2)OC[C@@H]1OCc1ccc(OC)cc1. The predicted molar refractivity (Wildman–Crippen MR) is 229 cm³/mol. The molecule has 14 heteroatoms. The Bertz CT molecular complexity index is 1980. The fourth-order valence-corrected chi connectivity index (χ4v) is 16.1. The Balaban J connectivity index is 1.30. The first-order valence-electron chi connectivity index (χ1n) is 20.4. The van der Waals surface area contributed by atoms with Crippen LogP contribution in [0.3, 0.4) is 0 Å². The topological polar surface area (TPSA) is 137 Å². The van der Waals surface area contributed by atoms with E-state index in [-0.39, 0.29) is 31.8 Å². The van der Waals surface area contributed by atoms with Crippen molar-refractivity contribution in [1.82, 2.24) is 0 Å². The van der Waals surface area contributed by atoms with Crippen molar-refractivity contribution in [3.63, 3.8) is 0 Å². The van der Waals surface area contributed by atoms with Gasteiger partial charge in [0.1, 0.15) is 0 Å². The van der Waals surface area contributed by atoms with Crippen molar-refractivity contribution in [1.29, 1.82) is 0 Å². The van der Waals surface area contributed by atoms with Crippen LogP contribution in [0.1, 0.15) is 55.7 Å². The molecule has 2 fully saturated rings. The van der Waals surface area contributed by atoms with Gasteiger partial charge in [-0.25, -0.2) is 0 Å². The Kier molecular flexibility index (Phi) is 16.9. The Morgan fingerprint density at radius 1 is 0.750 bits per heavy atom. The van der Waals surface area contributed by atoms with E-state index in [1.54, 1.807) is 21.3 Å². The van der Waals surface area contributed by atoms with Gasteiger partial charge in [-0.1, -0.05) is 0 Å². The zero-order chi connectivity index (χ0) is 42.6. The normalized spacial score (nSPS) is 23.8. The van der Waals surface area contributed by atoms with Crippen LogP contribution in [0.5, 0.6) is 17.2 Å². The first kappa shape index (κ1) is 46.0. The summed E-state index contributed by atoms with van der Waals surface area (Å²) in [6.45, 7) is 7.36. The van der Waals surface area contributed by atoms with Crippen LogP contribution in [0.2, 0.25) is 15.5 Å². The molecule has 2 saturated heterocycles. The van der Waals surface area contributed by atoms with Crippen molar-refractivity contribution in [2.75, 3.05) is 27.9 Å². The van der Waals surface area contributed by atoms with Crippen molar-refractivity contribution in [3.05, 3.63) is 125 Å². The summed E-state index contributed by atoms with van der Waals surface area (Å²) in [7, 11) is -0.0988. The van der Waals surface area contributed by atoms with Crippen LogP contribution in [0.4, 0.5) is 0 Å². The molecule has 4 aromatic carbocycles. The molecule has 9 atom stereocenters. The molecular formula is C46H59O12SSe. The van der Waals surface area contributed by atoms with Gasteiger partial charge < -0.3 is 4.74 Å². The van der Waals surface area contributed by atoms with Gasteiger partial charge in [-0.2, -0.15) is 0 Å². The second-order valence-electron chi connectivity index (χ2n) is 15.3. The van der Waals surface area contributed by atoms with Gasteiger partial charge >= 0.3 is 349 Å². The number of ether oxygens (including phenoxy) is 8. The third-order valence-electron chi connectivity index (χ3n) is 11.3. The zero-order valence-corrected chi connectivity index (χ0v) is 37.7. The second kappa shape index (κ2) is 22.0. The van der Waals surface area contributed by atoms with Crippen molar-refractivity contribution in [3.8, 4) is 17.2 Å². The molecule has 0 spiro atoms. The monoisotopic (exact) mass is 915 g/mol. The van der Waals surface area contributed by atoms with Gasteiger partial charge in [0.25, 0.3) is 0 Å². The van der Waals surface area contributed by atoms with Crippen LogP contribution in [0.15, 0.2) is 103 Å². The number of benzene rings is 4. The van der Waals surface area contributed by atoms with Crippen LogP contribution >= 0.6 is 0 Å². The molecule has 0 bridgehead atoms. The van der Waals surface area contributed by atoms with E-state index in [1.807, 2.05) is 110 Å². The third-order valence-corrected chi connectivity index (χ3v) is 18.7. The summed E-state index contributed by atoms with van der Waals surface area (Å²) in [6.07, 6.45) is -3.56. The Hall–Kier alpha value is -3.53. The molecule has 2 heterocycles. The summed E-state index contributed by atoms with van der Waals surface area (Å²) >= 11 is -1.44. The first-order chi connectivity index (χ1) is 29.0. The average molecular weight is 915 g/mol. The van der Waals surface area contributed by atoms with E-state index >= 15 is 0 Å². The van der Waals surface area contributed by atoms with Gasteiger partial charge in [0.05, 0.1) is 7.11 Å². The summed E-state index contributed by atoms with van der Waals surface area (Å²) in [5.74, 6) is 2.13. The summed E-state index contributed by atoms with van der Waals surface area (Å²) in [5.41, 5.74) is 3.57. The van der Waals surface area contributed by atoms with Gasteiger partial charge in [0.15, 0.2) is 0 Å². The van der Waals surface area contributed by atoms with Crippen molar-refractivity contribution in [2.45, 2.75) is 99.3 Å². The summed E-state index contributed by atoms with van der Waals surface area (Å²) in [5, 5.41) is 1.62. The molecule has 0 saturated carbocycles. The Morgan fingerprint density at radius 2 is 1.27 bits per heavy atom. The summed E-state index contributed by atoms with van der Waals surface area (Å²) in [4.78, 5) is 0.431. The molecule has 327 valence electrons. The fourth-order valence-electron chi connectivity index (χ4n) is 7.98. The number of rotatable bonds is 21. The fraction of sp³-hybridized carbons (Fsp3) is 0.478. The molecule has 0 aliphatic carbocycles. The molecule has 0 aromatic heterocycles. The molecule has 1 N–H and O–H groups in total. The molecule has 60 heavy (non-hydrogen) atoms. The maximum absolute atomic E-state index is 12.9. The van der Waals surface area contributed by atoms with Crippen molar-refractivity contribution in [2.24, 2.45) is 11.8 Å². The molecule has 2 aliphatic rings. The third kappa shape index (κ3) is 12.5. The maximum atomic E-state index is 12.9. The quantitative estimate of drug-likeness (QED) is 0.0633. The van der Waals surface area contributed by atoms with Gasteiger partial charge in [-0.3, -0.25) is 0 Å². The molecule has 4 aromatic rings. The molecule has 12 nitrogen and oxygen atoms in total. The minimum absolute atomic E-state index is 0.0542. The Morgan fingerprint density at radius 3 is 1.77 bits per heavy atom. The van der Waals surface area contributed by atoms with Gasteiger partial charge in [0, 0.05) is 0 Å². The average Bonchev–Trinajstić information content (AvgIpc) is 3.57. The molecule has 6 rings (SSSR count). The van der Waals surface area contributed by atoms with Crippen LogP contribution in [0, 0.1) is 11.8 Å². The number of methoxy groups -OCH3 is 3. The molecule has 1 radical (unpaired) electrons. The molecule has 1 unspecified atom stereocenters. The van der Waals surface area contributed by atoms with Crippen molar-refractivity contribution >= 4 is 24.3 Å². The van der Waals surface area contributed by atoms with E-state index in [0.717, 1.165) is 45.5 Å². The van der Waals surface area contributed by atoms with E-state index in [9.17, 15) is 13.0 Å². The van der Waals surface area contributed by atoms with E-state index < -0.39 is 55.0 Å². The molecular weight excluding hydrogens is 856 g/mol. The van der Waals surface area contributed by atoms with Crippen LogP contribution in [-0.2, 0) is 58.1 Å². The number of hydrogen-bond donors (Lipinski definition) is 1. The number of hydrogen-bond acceptors (Lipinski definition) is 11. The van der Waals surface area contributed by atoms with Crippen LogP contribution in [0.25, 0.3) is 0 Å².